The van der Waals surface area contributed by atoms with Crippen molar-refractivity contribution in [2.45, 2.75) is 56.8 Å². The van der Waals surface area contributed by atoms with E-state index in [-0.39, 0.29) is 22.8 Å². The van der Waals surface area contributed by atoms with E-state index in [4.69, 9.17) is 5.73 Å². The number of fused-ring (bicyclic) bond motifs is 1. The van der Waals surface area contributed by atoms with Crippen molar-refractivity contribution in [1.29, 1.82) is 0 Å². The van der Waals surface area contributed by atoms with Gasteiger partial charge in [0.25, 0.3) is 0 Å². The molecule has 2 fully saturated rings. The maximum absolute atomic E-state index is 15.1. The number of nitrogens with zero attached hydrogens (tertiary/aromatic N) is 1. The first kappa shape index (κ1) is 21.5. The molecule has 0 bridgehead atoms. The molecule has 2 saturated carbocycles. The third-order valence-corrected chi connectivity index (χ3v) is 6.88. The number of halogens is 1. The van der Waals surface area contributed by atoms with Gasteiger partial charge in [-0.15, -0.1) is 0 Å². The SMILES string of the molecule is CCn1cc(C(=O)O)c(=O)c2c(N)c(F)c(NC3CC(N[C@H]4C[C@@H]4c4ccccc4)C3)cc21. The number of nitrogens with one attached hydrogen (secondary N) is 2. The number of hydrogen-bond donors (Lipinski definition) is 4. The summed E-state index contributed by atoms with van der Waals surface area (Å²) >= 11 is 0. The van der Waals surface area contributed by atoms with E-state index in [2.05, 4.69) is 34.9 Å². The number of aromatic nitrogens is 1. The Morgan fingerprint density at radius 2 is 1.94 bits per heavy atom. The van der Waals surface area contributed by atoms with E-state index in [0.717, 1.165) is 19.3 Å². The van der Waals surface area contributed by atoms with Gasteiger partial charge in [-0.3, -0.25) is 4.79 Å². The predicted octanol–water partition coefficient (Wildman–Crippen LogP) is 3.53. The molecular weight excluding hydrogens is 423 g/mol. The Labute approximate surface area is 190 Å². The van der Waals surface area contributed by atoms with Crippen LogP contribution in [0.5, 0.6) is 0 Å². The third kappa shape index (κ3) is 3.84. The zero-order chi connectivity index (χ0) is 23.3. The number of nitrogen functional groups attached to an aromatic ring is 1. The number of carboxylic acid groups (broad SMARTS) is 1. The maximum Gasteiger partial charge on any atom is 0.341 e. The molecule has 5 rings (SSSR count). The van der Waals surface area contributed by atoms with Crippen molar-refractivity contribution in [2.24, 2.45) is 0 Å². The molecule has 33 heavy (non-hydrogen) atoms. The largest absolute Gasteiger partial charge is 0.477 e. The van der Waals surface area contributed by atoms with Crippen LogP contribution < -0.4 is 21.8 Å². The molecule has 5 N–H and O–H groups in total. The number of nitrogens with two attached hydrogens (primary N) is 1. The van der Waals surface area contributed by atoms with Crippen LogP contribution in [0, 0.1) is 5.82 Å². The van der Waals surface area contributed by atoms with Crippen LogP contribution in [0.2, 0.25) is 0 Å². The van der Waals surface area contributed by atoms with Gasteiger partial charge in [0.05, 0.1) is 22.3 Å². The van der Waals surface area contributed by atoms with E-state index in [1.165, 1.54) is 11.8 Å². The lowest BCUT2D eigenvalue weighted by atomic mass is 9.86. The Kier molecular flexibility index (Phi) is 5.32. The van der Waals surface area contributed by atoms with Crippen LogP contribution in [0.3, 0.4) is 0 Å². The Hall–Kier alpha value is -3.39. The average Bonchev–Trinajstić information content (AvgIpc) is 3.55. The second-order valence-corrected chi connectivity index (χ2v) is 9.04. The Morgan fingerprint density at radius 1 is 1.21 bits per heavy atom. The number of anilines is 2. The quantitative estimate of drug-likeness (QED) is 0.410. The zero-order valence-corrected chi connectivity index (χ0v) is 18.3. The number of aryl methyl sites for hydroxylation is 1. The van der Waals surface area contributed by atoms with E-state index >= 15 is 4.39 Å². The lowest BCUT2D eigenvalue weighted by Gasteiger charge is -2.37. The molecular formula is C25H27FN4O3. The molecule has 1 aromatic heterocycles. The fraction of sp³-hybridized carbons (Fsp3) is 0.360. The number of benzene rings is 2. The highest BCUT2D eigenvalue weighted by Crippen LogP contribution is 2.42. The minimum Gasteiger partial charge on any atom is -0.477 e. The summed E-state index contributed by atoms with van der Waals surface area (Å²) < 4.78 is 16.7. The second-order valence-electron chi connectivity index (χ2n) is 9.04. The van der Waals surface area contributed by atoms with E-state index in [9.17, 15) is 14.7 Å². The van der Waals surface area contributed by atoms with Gasteiger partial charge in [-0.05, 0) is 37.8 Å². The molecule has 0 radical (unpaired) electrons. The highest BCUT2D eigenvalue weighted by Gasteiger charge is 2.42. The molecule has 2 aliphatic rings. The Bertz CT molecular complexity index is 1280. The molecule has 2 atom stereocenters. The molecule has 3 aromatic rings. The summed E-state index contributed by atoms with van der Waals surface area (Å²) in [4.78, 5) is 24.1. The van der Waals surface area contributed by atoms with Gasteiger partial charge in [0, 0.05) is 36.8 Å². The molecule has 8 heteroatoms. The average molecular weight is 451 g/mol. The smallest absolute Gasteiger partial charge is 0.341 e. The van der Waals surface area contributed by atoms with Crippen molar-refractivity contribution in [1.82, 2.24) is 9.88 Å². The number of hydrogen-bond acceptors (Lipinski definition) is 5. The number of carbonyl (C=O) groups is 1. The van der Waals surface area contributed by atoms with Gasteiger partial charge >= 0.3 is 5.97 Å². The Balaban J connectivity index is 1.29. The lowest BCUT2D eigenvalue weighted by molar-refractivity contribution is 0.0695. The standard InChI is InChI=1S/C25H27FN4O3/c1-2-30-12-17(25(32)33)24(31)21-20(30)11-19(22(26)23(21)27)29-15-8-14(9-15)28-18-10-16(18)13-6-4-3-5-7-13/h3-7,11-12,14-16,18,28-29H,2,8-10,27H2,1H3,(H,32,33)/t14?,15?,16-,18+/m1/s1. The predicted molar refractivity (Wildman–Crippen MR) is 126 cm³/mol. The van der Waals surface area contributed by atoms with Crippen molar-refractivity contribution < 1.29 is 14.3 Å². The second kappa shape index (κ2) is 8.19. The van der Waals surface area contributed by atoms with Crippen LogP contribution in [0.1, 0.15) is 48.0 Å². The van der Waals surface area contributed by atoms with Crippen LogP contribution in [-0.4, -0.2) is 33.8 Å². The molecule has 0 saturated heterocycles. The zero-order valence-electron chi connectivity index (χ0n) is 18.3. The molecule has 0 unspecified atom stereocenters. The summed E-state index contributed by atoms with van der Waals surface area (Å²) in [6.07, 6.45) is 4.17. The lowest BCUT2D eigenvalue weighted by Crippen LogP contribution is -2.48. The molecule has 0 spiro atoms. The minimum absolute atomic E-state index is 0.0892. The molecule has 2 aliphatic carbocycles. The van der Waals surface area contributed by atoms with Gasteiger partial charge in [0.1, 0.15) is 5.56 Å². The molecule has 2 aromatic carbocycles. The summed E-state index contributed by atoms with van der Waals surface area (Å²) in [5, 5.41) is 16.2. The summed E-state index contributed by atoms with van der Waals surface area (Å²) in [5.74, 6) is -1.51. The van der Waals surface area contributed by atoms with Crippen molar-refractivity contribution in [2.75, 3.05) is 11.1 Å². The normalized spacial score (nSPS) is 23.8. The molecule has 7 nitrogen and oxygen atoms in total. The number of pyridine rings is 1. The fourth-order valence-electron chi connectivity index (χ4n) is 4.91. The van der Waals surface area contributed by atoms with Crippen LogP contribution >= 0.6 is 0 Å². The summed E-state index contributed by atoms with van der Waals surface area (Å²) in [7, 11) is 0. The monoisotopic (exact) mass is 450 g/mol. The first-order chi connectivity index (χ1) is 15.9. The summed E-state index contributed by atoms with van der Waals surface area (Å²) in [6, 6.07) is 13.0. The topological polar surface area (TPSA) is 109 Å². The van der Waals surface area contributed by atoms with E-state index in [1.54, 1.807) is 10.6 Å². The van der Waals surface area contributed by atoms with E-state index < -0.39 is 22.8 Å². The van der Waals surface area contributed by atoms with Gasteiger partial charge in [-0.1, -0.05) is 30.3 Å². The van der Waals surface area contributed by atoms with Crippen LogP contribution in [0.4, 0.5) is 15.8 Å². The summed E-state index contributed by atoms with van der Waals surface area (Å²) in [5.41, 5.74) is 6.51. The highest BCUT2D eigenvalue weighted by molar-refractivity contribution is 5.99. The van der Waals surface area contributed by atoms with E-state index in [0.29, 0.717) is 30.1 Å². The minimum atomic E-state index is -1.36. The third-order valence-electron chi connectivity index (χ3n) is 6.88. The first-order valence-electron chi connectivity index (χ1n) is 11.3. The molecule has 172 valence electrons. The van der Waals surface area contributed by atoms with E-state index in [1.807, 2.05) is 13.0 Å². The van der Waals surface area contributed by atoms with Gasteiger partial charge in [0.15, 0.2) is 5.82 Å². The van der Waals surface area contributed by atoms with Gasteiger partial charge in [-0.25, -0.2) is 9.18 Å². The Morgan fingerprint density at radius 3 is 2.61 bits per heavy atom. The molecule has 1 heterocycles. The van der Waals surface area contributed by atoms with Crippen LogP contribution in [0.25, 0.3) is 10.9 Å². The van der Waals surface area contributed by atoms with Crippen molar-refractivity contribution in [3.63, 3.8) is 0 Å². The molecule has 0 aliphatic heterocycles. The summed E-state index contributed by atoms with van der Waals surface area (Å²) in [6.45, 7) is 2.24. The molecule has 0 amide bonds. The van der Waals surface area contributed by atoms with Gasteiger partial charge in [0.2, 0.25) is 5.43 Å². The van der Waals surface area contributed by atoms with Crippen LogP contribution in [0.15, 0.2) is 47.4 Å². The maximum atomic E-state index is 15.1. The number of carboxylic acids is 1. The fourth-order valence-corrected chi connectivity index (χ4v) is 4.91. The highest BCUT2D eigenvalue weighted by atomic mass is 19.1. The van der Waals surface area contributed by atoms with Gasteiger partial charge in [-0.2, -0.15) is 0 Å². The van der Waals surface area contributed by atoms with Crippen LogP contribution in [-0.2, 0) is 6.54 Å². The van der Waals surface area contributed by atoms with Crippen molar-refractivity contribution >= 4 is 28.2 Å². The van der Waals surface area contributed by atoms with Crippen molar-refractivity contribution in [3.05, 3.63) is 69.8 Å². The number of rotatable bonds is 7. The van der Waals surface area contributed by atoms with Gasteiger partial charge < -0.3 is 26.0 Å². The number of aromatic carboxylic acids is 1. The van der Waals surface area contributed by atoms with Crippen molar-refractivity contribution in [3.8, 4) is 0 Å². The first-order valence-corrected chi connectivity index (χ1v) is 11.3.